The summed E-state index contributed by atoms with van der Waals surface area (Å²) in [6.45, 7) is 6.31. The van der Waals surface area contributed by atoms with Crippen LogP contribution in [0.15, 0.2) is 54.6 Å². The molecule has 0 radical (unpaired) electrons. The third-order valence-corrected chi connectivity index (χ3v) is 11.3. The molecule has 6 heterocycles. The van der Waals surface area contributed by atoms with Gasteiger partial charge in [-0.15, -0.1) is 0 Å². The fourth-order valence-electron chi connectivity index (χ4n) is 8.64. The molecule has 0 saturated carbocycles. The normalized spacial score (nSPS) is 21.7. The second kappa shape index (κ2) is 14.1. The van der Waals surface area contributed by atoms with Crippen LogP contribution in [0.4, 0.5) is 19.0 Å². The quantitative estimate of drug-likeness (QED) is 0.181. The summed E-state index contributed by atoms with van der Waals surface area (Å²) in [5, 5.41) is 16.4. The third kappa shape index (κ3) is 6.38. The van der Waals surface area contributed by atoms with E-state index in [9.17, 15) is 14.3 Å². The second-order valence-electron chi connectivity index (χ2n) is 14.7. The molecule has 0 bridgehead atoms. The number of carbonyl (C=O) groups excluding carboxylic acids is 1. The van der Waals surface area contributed by atoms with E-state index < -0.39 is 17.2 Å². The van der Waals surface area contributed by atoms with Gasteiger partial charge >= 0.3 is 6.01 Å². The van der Waals surface area contributed by atoms with Crippen molar-refractivity contribution in [1.29, 1.82) is 0 Å². The molecule has 13 heteroatoms. The number of nitrogens with zero attached hydrogens (tertiary/aromatic N) is 7. The minimum absolute atomic E-state index is 0.0230. The molecule has 2 aromatic carbocycles. The number of anilines is 1. The number of phenolic OH excluding ortho intramolecular Hbond substituents is 1. The fourth-order valence-corrected chi connectivity index (χ4v) is 8.64. The van der Waals surface area contributed by atoms with E-state index in [1.807, 2.05) is 18.7 Å². The Balaban J connectivity index is 1.22. The van der Waals surface area contributed by atoms with Crippen LogP contribution in [0.2, 0.25) is 0 Å². The zero-order valence-electron chi connectivity index (χ0n) is 29.9. The summed E-state index contributed by atoms with van der Waals surface area (Å²) in [6.07, 6.45) is 9.40. The Hall–Kier alpha value is -5.04. The number of benzene rings is 2. The Labute approximate surface area is 305 Å². The summed E-state index contributed by atoms with van der Waals surface area (Å²) >= 11 is 0. The number of hydrogen-bond donors (Lipinski definition) is 1. The van der Waals surface area contributed by atoms with Gasteiger partial charge in [-0.1, -0.05) is 19.4 Å². The first-order chi connectivity index (χ1) is 25.7. The van der Waals surface area contributed by atoms with E-state index in [0.717, 1.165) is 44.3 Å². The number of halogens is 3. The predicted molar refractivity (Wildman–Crippen MR) is 196 cm³/mol. The molecular formula is C40H42F3N7O3. The lowest BCUT2D eigenvalue weighted by molar-refractivity contribution is 0.0798. The van der Waals surface area contributed by atoms with Crippen LogP contribution < -0.4 is 9.64 Å². The number of pyridine rings is 1. The molecule has 1 N–H and O–H groups in total. The molecule has 0 amide bonds. The smallest absolute Gasteiger partial charge is 0.319 e. The lowest BCUT2D eigenvalue weighted by atomic mass is 9.94. The van der Waals surface area contributed by atoms with Crippen LogP contribution in [0.3, 0.4) is 0 Å². The maximum Gasteiger partial charge on any atom is 0.319 e. The van der Waals surface area contributed by atoms with Crippen LogP contribution in [-0.4, -0.2) is 79.0 Å². The molecule has 5 aromatic rings. The van der Waals surface area contributed by atoms with Crippen LogP contribution >= 0.6 is 0 Å². The Morgan fingerprint density at radius 1 is 1.09 bits per heavy atom. The van der Waals surface area contributed by atoms with E-state index in [1.165, 1.54) is 29.1 Å². The van der Waals surface area contributed by atoms with Crippen molar-refractivity contribution >= 4 is 33.4 Å². The van der Waals surface area contributed by atoms with E-state index in [1.54, 1.807) is 18.3 Å². The first kappa shape index (κ1) is 35.0. The van der Waals surface area contributed by atoms with E-state index >= 15 is 8.78 Å². The van der Waals surface area contributed by atoms with Crippen molar-refractivity contribution in [1.82, 2.24) is 29.6 Å². The number of aromatic hydroxyl groups is 1. The second-order valence-corrected chi connectivity index (χ2v) is 14.7. The summed E-state index contributed by atoms with van der Waals surface area (Å²) in [7, 11) is 0. The first-order valence-corrected chi connectivity index (χ1v) is 18.5. The van der Waals surface area contributed by atoms with Crippen LogP contribution in [0.1, 0.15) is 67.9 Å². The minimum atomic E-state index is -0.757. The Bertz CT molecular complexity index is 2260. The zero-order valence-corrected chi connectivity index (χ0v) is 29.9. The van der Waals surface area contributed by atoms with Gasteiger partial charge in [0.25, 0.3) is 0 Å². The summed E-state index contributed by atoms with van der Waals surface area (Å²) in [5.74, 6) is -1.18. The van der Waals surface area contributed by atoms with Crippen molar-refractivity contribution in [2.75, 3.05) is 37.7 Å². The van der Waals surface area contributed by atoms with Gasteiger partial charge in [-0.3, -0.25) is 14.7 Å². The molecule has 3 aliphatic heterocycles. The zero-order chi connectivity index (χ0) is 36.9. The highest BCUT2D eigenvalue weighted by Gasteiger charge is 2.47. The van der Waals surface area contributed by atoms with E-state index in [0.29, 0.717) is 78.3 Å². The average Bonchev–Trinajstić information content (AvgIpc) is 3.85. The van der Waals surface area contributed by atoms with Crippen LogP contribution in [0.5, 0.6) is 11.8 Å². The number of ether oxygens (including phenoxy) is 1. The monoisotopic (exact) mass is 725 g/mol. The number of phenols is 1. The fraction of sp³-hybridized carbons (Fsp3) is 0.425. The van der Waals surface area contributed by atoms with Crippen molar-refractivity contribution in [3.05, 3.63) is 77.5 Å². The maximum atomic E-state index is 17.1. The van der Waals surface area contributed by atoms with Crippen molar-refractivity contribution in [2.45, 2.75) is 70.8 Å². The molecule has 3 saturated heterocycles. The van der Waals surface area contributed by atoms with Crippen molar-refractivity contribution in [2.24, 2.45) is 5.92 Å². The van der Waals surface area contributed by atoms with Crippen LogP contribution in [0.25, 0.3) is 32.9 Å². The number of fused-ring (bicyclic) bond motifs is 3. The molecule has 0 aliphatic carbocycles. The summed E-state index contributed by atoms with van der Waals surface area (Å²) in [6, 6.07) is 7.61. The van der Waals surface area contributed by atoms with E-state index in [4.69, 9.17) is 9.72 Å². The molecule has 8 rings (SSSR count). The Morgan fingerprint density at radius 2 is 1.96 bits per heavy atom. The number of carbonyl (C=O) groups is 1. The van der Waals surface area contributed by atoms with Crippen LogP contribution in [0, 0.1) is 24.5 Å². The summed E-state index contributed by atoms with van der Waals surface area (Å²) in [4.78, 5) is 31.8. The van der Waals surface area contributed by atoms with Crippen molar-refractivity contribution in [3.63, 3.8) is 0 Å². The molecule has 10 nitrogen and oxygen atoms in total. The number of rotatable bonds is 7. The Morgan fingerprint density at radius 3 is 2.75 bits per heavy atom. The average molecular weight is 726 g/mol. The van der Waals surface area contributed by atoms with Gasteiger partial charge < -0.3 is 14.7 Å². The van der Waals surface area contributed by atoms with Gasteiger partial charge in [0.1, 0.15) is 35.2 Å². The van der Waals surface area contributed by atoms with Gasteiger partial charge in [-0.2, -0.15) is 15.1 Å². The number of aryl methyl sites for hydroxylation is 2. The summed E-state index contributed by atoms with van der Waals surface area (Å²) in [5.41, 5.74) is 1.60. The Kier molecular flexibility index (Phi) is 9.30. The summed E-state index contributed by atoms with van der Waals surface area (Å²) < 4.78 is 53.6. The van der Waals surface area contributed by atoms with E-state index in [2.05, 4.69) is 20.0 Å². The third-order valence-electron chi connectivity index (χ3n) is 11.3. The number of aromatic nitrogens is 5. The van der Waals surface area contributed by atoms with Gasteiger partial charge in [-0.25, -0.2) is 17.9 Å². The predicted octanol–water partition coefficient (Wildman–Crippen LogP) is 7.70. The van der Waals surface area contributed by atoms with Gasteiger partial charge in [0.2, 0.25) is 5.91 Å². The highest BCUT2D eigenvalue weighted by Crippen LogP contribution is 2.43. The van der Waals surface area contributed by atoms with Gasteiger partial charge in [0, 0.05) is 43.5 Å². The maximum absolute atomic E-state index is 17.1. The van der Waals surface area contributed by atoms with Gasteiger partial charge in [-0.05, 0) is 105 Å². The molecule has 276 valence electrons. The van der Waals surface area contributed by atoms with Crippen molar-refractivity contribution in [3.8, 4) is 23.0 Å². The highest BCUT2D eigenvalue weighted by atomic mass is 19.1. The standard InChI is InChI=1S/C40H42F3N7O3/c1-3-29-32(42)9-8-27-17-28(51)18-30(33(27)29)35-34(43)36-31(21-44-35)37(46-39(45-36)53-23-40-12-6-14-49(40)22-25(19-40)20-41)48-13-5-4-7-26(11-15-48)38(52)50-16-10-24(2)47-50/h8-10,16-18,20-21,26,51H,3-7,11-15,19,22-23H2,1-2H3/b25-20-/t26?,40-/m0/s1. The van der Waals surface area contributed by atoms with Crippen molar-refractivity contribution < 1.29 is 27.8 Å². The molecule has 53 heavy (non-hydrogen) atoms. The molecule has 0 spiro atoms. The van der Waals surface area contributed by atoms with Crippen LogP contribution in [-0.2, 0) is 6.42 Å². The topological polar surface area (TPSA) is 110 Å². The molecule has 3 aromatic heterocycles. The largest absolute Gasteiger partial charge is 0.508 e. The highest BCUT2D eigenvalue weighted by molar-refractivity contribution is 6.01. The molecule has 1 unspecified atom stereocenters. The lowest BCUT2D eigenvalue weighted by Crippen LogP contribution is -2.43. The number of hydrogen-bond acceptors (Lipinski definition) is 9. The van der Waals surface area contributed by atoms with E-state index in [-0.39, 0.29) is 47.0 Å². The van der Waals surface area contributed by atoms with Gasteiger partial charge in [0.05, 0.1) is 22.9 Å². The molecule has 2 atom stereocenters. The first-order valence-electron chi connectivity index (χ1n) is 18.5. The molecule has 3 aliphatic rings. The SMILES string of the molecule is CCc1c(F)ccc2cc(O)cc(-c3ncc4c(N5CCCCC(C(=O)n6ccc(C)n6)CC5)nc(OC[C@@]56CCCN5C/C(=C\F)C6)nc4c3F)c12. The molecule has 3 fully saturated rings. The molecular weight excluding hydrogens is 683 g/mol. The van der Waals surface area contributed by atoms with Gasteiger partial charge in [0.15, 0.2) is 5.82 Å². The lowest BCUT2D eigenvalue weighted by Gasteiger charge is -2.31. The minimum Gasteiger partial charge on any atom is -0.508 e.